The molecule has 0 spiro atoms. The molecule has 0 amide bonds. The molecule has 0 fully saturated rings. The van der Waals surface area contributed by atoms with Crippen molar-refractivity contribution in [3.63, 3.8) is 0 Å². The van der Waals surface area contributed by atoms with E-state index in [-0.39, 0.29) is 5.96 Å². The maximum atomic E-state index is 5.85. The van der Waals surface area contributed by atoms with E-state index in [2.05, 4.69) is 18.8 Å². The van der Waals surface area contributed by atoms with Gasteiger partial charge in [-0.1, -0.05) is 26.0 Å². The molecule has 0 heterocycles. The Bertz CT molecular complexity index is 423. The molecule has 0 unspecified atom stereocenters. The number of nitrogens with two attached hydrogens (primary N) is 2. The molecule has 0 atom stereocenters. The molecule has 1 aromatic rings. The van der Waals surface area contributed by atoms with Crippen molar-refractivity contribution >= 4 is 5.96 Å². The molecule has 4 heteroatoms. The maximum Gasteiger partial charge on any atom is 0.186 e. The van der Waals surface area contributed by atoms with Crippen LogP contribution in [0.4, 0.5) is 0 Å². The Morgan fingerprint density at radius 3 is 2.68 bits per heavy atom. The average Bonchev–Trinajstić information content (AvgIpc) is 2.33. The van der Waals surface area contributed by atoms with Gasteiger partial charge in [0, 0.05) is 5.56 Å². The molecule has 4 N–H and O–H groups in total. The Balaban J connectivity index is 2.63. The van der Waals surface area contributed by atoms with E-state index in [0.29, 0.717) is 12.5 Å². The zero-order valence-corrected chi connectivity index (χ0v) is 12.1. The van der Waals surface area contributed by atoms with E-state index in [4.69, 9.17) is 16.2 Å². The van der Waals surface area contributed by atoms with E-state index in [0.717, 1.165) is 24.3 Å². The molecule has 0 aliphatic rings. The van der Waals surface area contributed by atoms with E-state index in [1.807, 2.05) is 25.1 Å². The van der Waals surface area contributed by atoms with Gasteiger partial charge in [0.25, 0.3) is 0 Å². The van der Waals surface area contributed by atoms with Crippen molar-refractivity contribution in [2.75, 3.05) is 6.61 Å². The third kappa shape index (κ3) is 6.13. The van der Waals surface area contributed by atoms with Crippen LogP contribution in [0.15, 0.2) is 23.2 Å². The van der Waals surface area contributed by atoms with E-state index in [1.54, 1.807) is 0 Å². The van der Waals surface area contributed by atoms with Gasteiger partial charge in [-0.15, -0.1) is 0 Å². The van der Waals surface area contributed by atoms with Crippen molar-refractivity contribution in [2.45, 2.75) is 40.2 Å². The van der Waals surface area contributed by atoms with Crippen LogP contribution in [0, 0.1) is 12.8 Å². The molecular weight excluding hydrogens is 238 g/mol. The summed E-state index contributed by atoms with van der Waals surface area (Å²) in [7, 11) is 0. The predicted octanol–water partition coefficient (Wildman–Crippen LogP) is 2.58. The predicted molar refractivity (Wildman–Crippen MR) is 80.3 cm³/mol. The van der Waals surface area contributed by atoms with E-state index >= 15 is 0 Å². The fourth-order valence-corrected chi connectivity index (χ4v) is 1.78. The second kappa shape index (κ2) is 7.67. The quantitative estimate of drug-likeness (QED) is 0.451. The molecule has 0 aromatic heterocycles. The van der Waals surface area contributed by atoms with Gasteiger partial charge in [0.1, 0.15) is 5.75 Å². The fraction of sp³-hybridized carbons (Fsp3) is 0.533. The first-order valence-electron chi connectivity index (χ1n) is 6.76. The van der Waals surface area contributed by atoms with Crippen molar-refractivity contribution in [3.8, 4) is 5.75 Å². The summed E-state index contributed by atoms with van der Waals surface area (Å²) in [6.45, 7) is 7.68. The third-order valence-corrected chi connectivity index (χ3v) is 2.84. The molecule has 1 aromatic carbocycles. The SMILES string of the molecule is Cc1ccc(CN=C(N)N)c(OCCCC(C)C)c1. The van der Waals surface area contributed by atoms with Crippen LogP contribution in [0.5, 0.6) is 5.75 Å². The lowest BCUT2D eigenvalue weighted by molar-refractivity contribution is 0.295. The highest BCUT2D eigenvalue weighted by Gasteiger charge is 2.04. The van der Waals surface area contributed by atoms with Crippen LogP contribution in [0.25, 0.3) is 0 Å². The Hall–Kier alpha value is -1.71. The number of ether oxygens (including phenoxy) is 1. The Morgan fingerprint density at radius 1 is 1.32 bits per heavy atom. The summed E-state index contributed by atoms with van der Waals surface area (Å²) in [4.78, 5) is 4.03. The molecule has 0 saturated heterocycles. The van der Waals surface area contributed by atoms with Crippen molar-refractivity contribution in [3.05, 3.63) is 29.3 Å². The fourth-order valence-electron chi connectivity index (χ4n) is 1.78. The van der Waals surface area contributed by atoms with Gasteiger partial charge in [0.15, 0.2) is 5.96 Å². The second-order valence-electron chi connectivity index (χ2n) is 5.24. The highest BCUT2D eigenvalue weighted by atomic mass is 16.5. The van der Waals surface area contributed by atoms with Gasteiger partial charge in [-0.3, -0.25) is 0 Å². The lowest BCUT2D eigenvalue weighted by Crippen LogP contribution is -2.22. The summed E-state index contributed by atoms with van der Waals surface area (Å²) in [6, 6.07) is 6.09. The molecule has 0 aliphatic heterocycles. The van der Waals surface area contributed by atoms with Crippen LogP contribution in [0.1, 0.15) is 37.8 Å². The number of aliphatic imine (C=N–C) groups is 1. The van der Waals surface area contributed by atoms with Crippen LogP contribution in [0.2, 0.25) is 0 Å². The Labute approximate surface area is 115 Å². The van der Waals surface area contributed by atoms with E-state index in [9.17, 15) is 0 Å². The molecule has 0 saturated carbocycles. The number of rotatable bonds is 7. The van der Waals surface area contributed by atoms with Crippen molar-refractivity contribution in [2.24, 2.45) is 22.4 Å². The minimum Gasteiger partial charge on any atom is -0.493 e. The molecule has 0 radical (unpaired) electrons. The first-order valence-corrected chi connectivity index (χ1v) is 6.76. The van der Waals surface area contributed by atoms with Gasteiger partial charge in [-0.05, 0) is 37.3 Å². The third-order valence-electron chi connectivity index (χ3n) is 2.84. The van der Waals surface area contributed by atoms with Gasteiger partial charge in [0.05, 0.1) is 13.2 Å². The van der Waals surface area contributed by atoms with Gasteiger partial charge in [-0.25, -0.2) is 4.99 Å². The summed E-state index contributed by atoms with van der Waals surface area (Å²) in [6.07, 6.45) is 2.24. The van der Waals surface area contributed by atoms with E-state index in [1.165, 1.54) is 12.0 Å². The molecule has 1 rings (SSSR count). The molecule has 4 nitrogen and oxygen atoms in total. The van der Waals surface area contributed by atoms with Gasteiger partial charge >= 0.3 is 0 Å². The first-order chi connectivity index (χ1) is 8.99. The number of benzene rings is 1. The minimum absolute atomic E-state index is 0.103. The summed E-state index contributed by atoms with van der Waals surface area (Å²) < 4.78 is 5.85. The lowest BCUT2D eigenvalue weighted by atomic mass is 10.1. The smallest absolute Gasteiger partial charge is 0.186 e. The summed E-state index contributed by atoms with van der Waals surface area (Å²) in [5, 5.41) is 0. The Kier molecular flexibility index (Phi) is 6.19. The molecule has 106 valence electrons. The van der Waals surface area contributed by atoms with Crippen molar-refractivity contribution in [1.82, 2.24) is 0 Å². The molecule has 19 heavy (non-hydrogen) atoms. The summed E-state index contributed by atoms with van der Waals surface area (Å²) >= 11 is 0. The summed E-state index contributed by atoms with van der Waals surface area (Å²) in [5.41, 5.74) is 12.9. The topological polar surface area (TPSA) is 73.6 Å². The van der Waals surface area contributed by atoms with Crippen molar-refractivity contribution in [1.29, 1.82) is 0 Å². The zero-order valence-electron chi connectivity index (χ0n) is 12.1. The lowest BCUT2D eigenvalue weighted by Gasteiger charge is -2.12. The standard InChI is InChI=1S/C15H25N3O/c1-11(2)5-4-8-19-14-9-12(3)6-7-13(14)10-18-15(16)17/h6-7,9,11H,4-5,8,10H2,1-3H3,(H4,16,17,18). The molecule has 0 aliphatic carbocycles. The van der Waals surface area contributed by atoms with Crippen LogP contribution < -0.4 is 16.2 Å². The van der Waals surface area contributed by atoms with Crippen LogP contribution >= 0.6 is 0 Å². The van der Waals surface area contributed by atoms with Crippen LogP contribution in [0.3, 0.4) is 0 Å². The van der Waals surface area contributed by atoms with Crippen LogP contribution in [-0.4, -0.2) is 12.6 Å². The molecule has 0 bridgehead atoms. The van der Waals surface area contributed by atoms with Gasteiger partial charge < -0.3 is 16.2 Å². The van der Waals surface area contributed by atoms with Gasteiger partial charge in [0.2, 0.25) is 0 Å². The molecular formula is C15H25N3O. The monoisotopic (exact) mass is 263 g/mol. The van der Waals surface area contributed by atoms with Crippen LogP contribution in [-0.2, 0) is 6.54 Å². The largest absolute Gasteiger partial charge is 0.493 e. The number of hydrogen-bond donors (Lipinski definition) is 2. The second-order valence-corrected chi connectivity index (χ2v) is 5.24. The first kappa shape index (κ1) is 15.3. The normalized spacial score (nSPS) is 10.5. The highest BCUT2D eigenvalue weighted by Crippen LogP contribution is 2.21. The van der Waals surface area contributed by atoms with E-state index < -0.39 is 0 Å². The Morgan fingerprint density at radius 2 is 2.05 bits per heavy atom. The minimum atomic E-state index is 0.103. The number of hydrogen-bond acceptors (Lipinski definition) is 2. The number of guanidine groups is 1. The number of aryl methyl sites for hydroxylation is 1. The van der Waals surface area contributed by atoms with Crippen molar-refractivity contribution < 1.29 is 4.74 Å². The summed E-state index contributed by atoms with van der Waals surface area (Å²) in [5.74, 6) is 1.70. The average molecular weight is 263 g/mol. The highest BCUT2D eigenvalue weighted by molar-refractivity contribution is 5.75. The number of nitrogens with zero attached hydrogens (tertiary/aromatic N) is 1. The maximum absolute atomic E-state index is 5.85. The zero-order chi connectivity index (χ0) is 14.3. The van der Waals surface area contributed by atoms with Gasteiger partial charge in [-0.2, -0.15) is 0 Å².